The Balaban J connectivity index is 2.15. The minimum absolute atomic E-state index is 0.151. The van der Waals surface area contributed by atoms with Crippen LogP contribution in [0, 0.1) is 23.7 Å². The summed E-state index contributed by atoms with van der Waals surface area (Å²) in [6, 6.07) is -0.251. The van der Waals surface area contributed by atoms with Gasteiger partial charge in [-0.25, -0.2) is 9.97 Å². The summed E-state index contributed by atoms with van der Waals surface area (Å²) in [6.45, 7) is 13.7. The summed E-state index contributed by atoms with van der Waals surface area (Å²) in [6.07, 6.45) is 2.83. The number of carbonyl (C=O) groups excluding carboxylic acids is 2. The molecule has 0 unspecified atom stereocenters. The third-order valence-electron chi connectivity index (χ3n) is 10.8. The van der Waals surface area contributed by atoms with Crippen molar-refractivity contribution in [3.8, 4) is 0 Å². The zero-order valence-electron chi connectivity index (χ0n) is 31.7. The number of aliphatic hydroxyl groups excluding tert-OH is 2. The molecule has 13 nitrogen and oxygen atoms in total. The Morgan fingerprint density at radius 1 is 1.06 bits per heavy atom. The molecule has 2 fully saturated rings. The second-order valence-corrected chi connectivity index (χ2v) is 15.0. The molecule has 50 heavy (non-hydrogen) atoms. The summed E-state index contributed by atoms with van der Waals surface area (Å²) in [4.78, 5) is 37.9. The number of Topliss-reactive ketones (excluding diaryl/α,β-unsaturated/α-hetero) is 1. The second kappa shape index (κ2) is 17.8. The van der Waals surface area contributed by atoms with Crippen molar-refractivity contribution >= 4 is 11.8 Å². The molecular weight excluding hydrogens is 646 g/mol. The van der Waals surface area contributed by atoms with E-state index < -0.39 is 77.7 Å². The molecule has 284 valence electrons. The zero-order chi connectivity index (χ0) is 37.6. The lowest BCUT2D eigenvalue weighted by Gasteiger charge is -2.48. The SMILES string of the molecule is CC[C@H]1OC(=O)[C@H](C)[C@@H](O/C=C\Cc2cncnc2)[C@H](C)[C@@H](O[C@@H]2O[C@H](C)C[C@H](N(C)C)[C@H]2O)[C@](C)(OC)C[C@@H](C)C(=O)[C@H](C)[C@@H](O)[C@]1(C)O. The van der Waals surface area contributed by atoms with E-state index in [-0.39, 0.29) is 30.8 Å². The summed E-state index contributed by atoms with van der Waals surface area (Å²) >= 11 is 0. The Labute approximate surface area is 297 Å². The summed E-state index contributed by atoms with van der Waals surface area (Å²) < 4.78 is 31.5. The standard InChI is InChI=1S/C37H61N3O10/c1-12-28-37(8,45)32(43)23(4)29(41)21(2)17-36(7,46-11)33(50-35-30(42)27(40(9)10)16-22(3)48-35)24(5)31(25(6)34(44)49-28)47-15-13-14-26-18-38-20-39-19-26/h13,15,18-25,27-28,30-33,35,42-43,45H,12,14,16-17H2,1-11H3/b15-13-/t21-,22-,23+,24+,25-,27+,28-,30-,31+,32-,33-,35+,36-,37-/m1/s1. The minimum atomic E-state index is -1.92. The molecule has 0 aliphatic carbocycles. The van der Waals surface area contributed by atoms with Crippen LogP contribution in [0.25, 0.3) is 0 Å². The summed E-state index contributed by atoms with van der Waals surface area (Å²) in [7, 11) is 5.31. The van der Waals surface area contributed by atoms with Gasteiger partial charge in [-0.2, -0.15) is 0 Å². The smallest absolute Gasteiger partial charge is 0.312 e. The number of hydrogen-bond donors (Lipinski definition) is 3. The van der Waals surface area contributed by atoms with Gasteiger partial charge in [0.25, 0.3) is 0 Å². The number of aliphatic hydroxyl groups is 3. The molecule has 2 saturated heterocycles. The number of methoxy groups -OCH3 is 1. The predicted octanol–water partition coefficient (Wildman–Crippen LogP) is 3.09. The van der Waals surface area contributed by atoms with Crippen LogP contribution in [0.1, 0.15) is 80.2 Å². The number of ketones is 1. The van der Waals surface area contributed by atoms with Gasteiger partial charge in [0, 0.05) is 43.3 Å². The van der Waals surface area contributed by atoms with Crippen LogP contribution < -0.4 is 0 Å². The Bertz CT molecular complexity index is 1270. The lowest BCUT2D eigenvalue weighted by Crippen LogP contribution is -2.60. The van der Waals surface area contributed by atoms with E-state index in [0.29, 0.717) is 12.8 Å². The van der Waals surface area contributed by atoms with Crippen LogP contribution in [0.2, 0.25) is 0 Å². The molecule has 1 aromatic rings. The van der Waals surface area contributed by atoms with E-state index in [2.05, 4.69) is 9.97 Å². The number of nitrogens with zero attached hydrogens (tertiary/aromatic N) is 3. The normalized spacial score (nSPS) is 41.2. The van der Waals surface area contributed by atoms with Crippen molar-refractivity contribution in [1.82, 2.24) is 14.9 Å². The predicted molar refractivity (Wildman–Crippen MR) is 186 cm³/mol. The number of cyclic esters (lactones) is 1. The Morgan fingerprint density at radius 3 is 2.28 bits per heavy atom. The molecule has 0 aromatic carbocycles. The maximum absolute atomic E-state index is 14.0. The summed E-state index contributed by atoms with van der Waals surface area (Å²) in [5, 5.41) is 34.4. The average molecular weight is 708 g/mol. The van der Waals surface area contributed by atoms with Crippen LogP contribution in [0.5, 0.6) is 0 Å². The van der Waals surface area contributed by atoms with Gasteiger partial charge < -0.3 is 43.9 Å². The molecule has 3 heterocycles. The molecule has 2 aliphatic heterocycles. The van der Waals surface area contributed by atoms with Gasteiger partial charge in [-0.05, 0) is 79.1 Å². The van der Waals surface area contributed by atoms with Gasteiger partial charge in [0.05, 0.1) is 36.1 Å². The van der Waals surface area contributed by atoms with E-state index in [1.165, 1.54) is 26.6 Å². The highest BCUT2D eigenvalue weighted by Crippen LogP contribution is 2.40. The molecule has 2 aliphatic rings. The molecular formula is C37H61N3O10. The molecule has 13 heteroatoms. The van der Waals surface area contributed by atoms with E-state index in [1.807, 2.05) is 39.8 Å². The fraction of sp³-hybridized carbons (Fsp3) is 0.784. The van der Waals surface area contributed by atoms with E-state index in [4.69, 9.17) is 23.7 Å². The number of hydrogen-bond acceptors (Lipinski definition) is 13. The Morgan fingerprint density at radius 2 is 1.70 bits per heavy atom. The van der Waals surface area contributed by atoms with Crippen LogP contribution in [-0.4, -0.2) is 123 Å². The first kappa shape index (κ1) is 41.9. The van der Waals surface area contributed by atoms with Gasteiger partial charge in [0.1, 0.15) is 36.0 Å². The van der Waals surface area contributed by atoms with Gasteiger partial charge in [0.2, 0.25) is 0 Å². The molecule has 3 N–H and O–H groups in total. The fourth-order valence-electron chi connectivity index (χ4n) is 7.58. The van der Waals surface area contributed by atoms with Gasteiger partial charge in [-0.1, -0.05) is 27.7 Å². The summed E-state index contributed by atoms with van der Waals surface area (Å²) in [5.74, 6) is -4.13. The third-order valence-corrected chi connectivity index (χ3v) is 10.8. The monoisotopic (exact) mass is 707 g/mol. The fourth-order valence-corrected chi connectivity index (χ4v) is 7.58. The largest absolute Gasteiger partial charge is 0.497 e. The van der Waals surface area contributed by atoms with Crippen LogP contribution >= 0.6 is 0 Å². The highest BCUT2D eigenvalue weighted by Gasteiger charge is 2.52. The number of carbonyl (C=O) groups is 2. The maximum Gasteiger partial charge on any atom is 0.312 e. The Hall–Kier alpha value is -2.52. The zero-order valence-corrected chi connectivity index (χ0v) is 31.7. The molecule has 0 radical (unpaired) electrons. The van der Waals surface area contributed by atoms with Crippen LogP contribution in [0.3, 0.4) is 0 Å². The lowest BCUT2D eigenvalue weighted by molar-refractivity contribution is -0.301. The van der Waals surface area contributed by atoms with Crippen molar-refractivity contribution in [2.75, 3.05) is 21.2 Å². The maximum atomic E-state index is 14.0. The molecule has 14 atom stereocenters. The van der Waals surface area contributed by atoms with Crippen LogP contribution in [-0.2, 0) is 39.7 Å². The minimum Gasteiger partial charge on any atom is -0.497 e. The quantitative estimate of drug-likeness (QED) is 0.253. The van der Waals surface area contributed by atoms with E-state index in [9.17, 15) is 24.9 Å². The topological polar surface area (TPSA) is 170 Å². The summed E-state index contributed by atoms with van der Waals surface area (Å²) in [5.41, 5.74) is -2.25. The van der Waals surface area contributed by atoms with Crippen molar-refractivity contribution in [2.24, 2.45) is 23.7 Å². The second-order valence-electron chi connectivity index (χ2n) is 15.0. The van der Waals surface area contributed by atoms with E-state index in [0.717, 1.165) is 5.56 Å². The first-order valence-electron chi connectivity index (χ1n) is 17.8. The Kier molecular flexibility index (Phi) is 14.9. The van der Waals surface area contributed by atoms with Crippen molar-refractivity contribution < 1.29 is 48.6 Å². The molecule has 0 saturated carbocycles. The first-order valence-corrected chi connectivity index (χ1v) is 17.8. The van der Waals surface area contributed by atoms with Crippen molar-refractivity contribution in [3.63, 3.8) is 0 Å². The highest BCUT2D eigenvalue weighted by atomic mass is 16.7. The van der Waals surface area contributed by atoms with Crippen molar-refractivity contribution in [2.45, 2.75) is 141 Å². The number of allylic oxidation sites excluding steroid dienone is 1. The number of esters is 1. The van der Waals surface area contributed by atoms with Crippen LogP contribution in [0.15, 0.2) is 31.1 Å². The third kappa shape index (κ3) is 9.67. The van der Waals surface area contributed by atoms with Gasteiger partial charge >= 0.3 is 5.97 Å². The van der Waals surface area contributed by atoms with Crippen LogP contribution in [0.4, 0.5) is 0 Å². The van der Waals surface area contributed by atoms with Gasteiger partial charge in [-0.15, -0.1) is 0 Å². The van der Waals surface area contributed by atoms with E-state index in [1.54, 1.807) is 46.2 Å². The number of aromatic nitrogens is 2. The van der Waals surface area contributed by atoms with Gasteiger partial charge in [0.15, 0.2) is 6.29 Å². The lowest BCUT2D eigenvalue weighted by atomic mass is 9.74. The van der Waals surface area contributed by atoms with E-state index >= 15 is 0 Å². The number of ether oxygens (including phenoxy) is 5. The highest BCUT2D eigenvalue weighted by molar-refractivity contribution is 5.83. The van der Waals surface area contributed by atoms with Crippen molar-refractivity contribution in [1.29, 1.82) is 0 Å². The number of likely N-dealkylation sites (N-methyl/N-ethyl adjacent to an activating group) is 1. The molecule has 1 aromatic heterocycles. The first-order chi connectivity index (χ1) is 23.4. The number of rotatable bonds is 9. The van der Waals surface area contributed by atoms with Crippen molar-refractivity contribution in [3.05, 3.63) is 36.6 Å². The van der Waals surface area contributed by atoms with Gasteiger partial charge in [-0.3, -0.25) is 9.59 Å². The molecule has 0 bridgehead atoms. The molecule has 3 rings (SSSR count). The molecule has 0 amide bonds. The average Bonchev–Trinajstić information content (AvgIpc) is 3.08. The molecule has 0 spiro atoms.